The summed E-state index contributed by atoms with van der Waals surface area (Å²) in [6, 6.07) is -0.928. The van der Waals surface area contributed by atoms with Crippen molar-refractivity contribution >= 4 is 57.7 Å². The maximum absolute atomic E-state index is 13.2. The Balaban J connectivity index is 1.46. The lowest BCUT2D eigenvalue weighted by molar-refractivity contribution is -0.192. The number of rotatable bonds is 11. The van der Waals surface area contributed by atoms with Gasteiger partial charge in [-0.05, 0) is 25.3 Å². The number of allylic oxidation sites excluding steroid dienone is 1. The van der Waals surface area contributed by atoms with E-state index in [1.54, 1.807) is 19.2 Å². The number of nitrogen functional groups attached to an aromatic ring is 1. The van der Waals surface area contributed by atoms with Crippen LogP contribution in [0.2, 0.25) is 0 Å². The maximum atomic E-state index is 13.2. The minimum atomic E-state index is -1.07. The number of hydrogen-bond donors (Lipinski definition) is 2. The molecule has 12 nitrogen and oxygen atoms in total. The molecule has 2 amide bonds. The Kier molecular flexibility index (Phi) is 8.72. The molecule has 0 aromatic carbocycles. The van der Waals surface area contributed by atoms with E-state index in [0.717, 1.165) is 30.6 Å². The predicted molar refractivity (Wildman–Crippen MR) is 141 cm³/mol. The van der Waals surface area contributed by atoms with Crippen molar-refractivity contribution < 1.29 is 33.5 Å². The Labute approximate surface area is 227 Å². The number of nitrogens with one attached hydrogen (secondary N) is 1. The van der Waals surface area contributed by atoms with Crippen molar-refractivity contribution in [3.05, 3.63) is 35.0 Å². The number of carbonyl (C=O) groups excluding carboxylic acids is 4. The van der Waals surface area contributed by atoms with E-state index >= 15 is 0 Å². The number of ether oxygens (including phenoxy) is 2. The van der Waals surface area contributed by atoms with Crippen LogP contribution in [0.1, 0.15) is 45.2 Å². The molecule has 1 aromatic rings. The second-order valence-corrected chi connectivity index (χ2v) is 10.7. The van der Waals surface area contributed by atoms with Gasteiger partial charge in [0.2, 0.25) is 6.29 Å². The van der Waals surface area contributed by atoms with Crippen LogP contribution < -0.4 is 11.1 Å². The van der Waals surface area contributed by atoms with Gasteiger partial charge in [0.1, 0.15) is 29.4 Å². The van der Waals surface area contributed by atoms with E-state index in [0.29, 0.717) is 11.3 Å². The normalized spacial score (nSPS) is 22.0. The number of oxime groups is 1. The molecule has 14 heteroatoms. The molecule has 3 aliphatic rings. The first-order valence-corrected chi connectivity index (χ1v) is 14.2. The molecule has 0 spiro atoms. The second kappa shape index (κ2) is 12.0. The van der Waals surface area contributed by atoms with Gasteiger partial charge >= 0.3 is 11.9 Å². The van der Waals surface area contributed by atoms with Crippen LogP contribution in [0, 0.1) is 5.92 Å². The van der Waals surface area contributed by atoms with Crippen LogP contribution in [-0.2, 0) is 33.5 Å². The molecular weight excluding hydrogens is 534 g/mol. The van der Waals surface area contributed by atoms with Gasteiger partial charge < -0.3 is 25.4 Å². The van der Waals surface area contributed by atoms with E-state index in [1.807, 2.05) is 0 Å². The van der Waals surface area contributed by atoms with E-state index in [1.165, 1.54) is 22.7 Å². The average Bonchev–Trinajstić information content (AvgIpc) is 3.30. The van der Waals surface area contributed by atoms with E-state index in [2.05, 4.69) is 22.0 Å². The number of hydrogen-bond acceptors (Lipinski definition) is 12. The monoisotopic (exact) mass is 563 g/mol. The number of carbonyl (C=O) groups is 4. The summed E-state index contributed by atoms with van der Waals surface area (Å²) in [5.74, 6) is -2.17. The predicted octanol–water partition coefficient (Wildman–Crippen LogP) is 1.93. The van der Waals surface area contributed by atoms with E-state index in [-0.39, 0.29) is 47.1 Å². The average molecular weight is 564 g/mol. The smallest absolute Gasteiger partial charge is 0.358 e. The van der Waals surface area contributed by atoms with Crippen molar-refractivity contribution in [2.75, 3.05) is 18.1 Å². The molecule has 1 aliphatic carbocycles. The van der Waals surface area contributed by atoms with Gasteiger partial charge in [-0.3, -0.25) is 19.3 Å². The van der Waals surface area contributed by atoms with Crippen molar-refractivity contribution in [3.63, 3.8) is 0 Å². The van der Waals surface area contributed by atoms with Crippen molar-refractivity contribution in [3.8, 4) is 0 Å². The summed E-state index contributed by atoms with van der Waals surface area (Å²) >= 11 is 2.50. The van der Waals surface area contributed by atoms with Crippen LogP contribution in [0.4, 0.5) is 5.13 Å². The number of anilines is 1. The van der Waals surface area contributed by atoms with E-state index < -0.39 is 35.5 Å². The first kappa shape index (κ1) is 27.6. The highest BCUT2D eigenvalue weighted by Gasteiger charge is 2.54. The number of esters is 2. The molecule has 1 saturated carbocycles. The lowest BCUT2D eigenvalue weighted by Gasteiger charge is -2.49. The molecule has 2 fully saturated rings. The Morgan fingerprint density at radius 2 is 2.11 bits per heavy atom. The fourth-order valence-corrected chi connectivity index (χ4v) is 5.85. The summed E-state index contributed by atoms with van der Waals surface area (Å²) < 4.78 is 10.9. The highest BCUT2D eigenvalue weighted by atomic mass is 32.2. The molecule has 2 unspecified atom stereocenters. The molecule has 4 rings (SSSR count). The summed E-state index contributed by atoms with van der Waals surface area (Å²) in [6.45, 7) is 7.41. The highest BCUT2D eigenvalue weighted by Crippen LogP contribution is 2.41. The van der Waals surface area contributed by atoms with Crippen LogP contribution in [-0.4, -0.2) is 69.4 Å². The van der Waals surface area contributed by atoms with Gasteiger partial charge in [-0.2, -0.15) is 0 Å². The fraction of sp³-hybridized carbons (Fsp3) is 0.500. The lowest BCUT2D eigenvalue weighted by atomic mass is 9.86. The number of fused-ring (bicyclic) bond motifs is 1. The molecule has 1 saturated heterocycles. The zero-order chi connectivity index (χ0) is 27.4. The van der Waals surface area contributed by atoms with Gasteiger partial charge in [-0.15, -0.1) is 23.1 Å². The number of amides is 2. The molecule has 3 atom stereocenters. The minimum Gasteiger partial charge on any atom is -0.425 e. The largest absolute Gasteiger partial charge is 0.425 e. The zero-order valence-corrected chi connectivity index (χ0v) is 22.6. The Hall–Kier alpha value is -3.39. The number of nitrogens with two attached hydrogens (primary N) is 1. The highest BCUT2D eigenvalue weighted by molar-refractivity contribution is 8.00. The Bertz CT molecular complexity index is 1190. The molecule has 2 aliphatic heterocycles. The number of β-lactam (4-membered cyclic amide) rings is 1. The first-order valence-electron chi connectivity index (χ1n) is 12.2. The molecular formula is C24H29N5O7S2. The summed E-state index contributed by atoms with van der Waals surface area (Å²) in [5.41, 5.74) is 6.32. The Morgan fingerprint density at radius 3 is 2.68 bits per heavy atom. The summed E-state index contributed by atoms with van der Waals surface area (Å²) in [7, 11) is 0. The van der Waals surface area contributed by atoms with Gasteiger partial charge in [-0.25, -0.2) is 9.78 Å². The lowest BCUT2D eigenvalue weighted by Crippen LogP contribution is -2.71. The van der Waals surface area contributed by atoms with Crippen molar-refractivity contribution in [2.45, 2.75) is 57.2 Å². The van der Waals surface area contributed by atoms with Gasteiger partial charge in [0, 0.05) is 17.6 Å². The third-order valence-electron chi connectivity index (χ3n) is 6.25. The standard InChI is InChI=1S/C24H29N5O7S2/c1-4-12-10-37-21-17(27-19(30)16(28-34-6-3)14-11-38-24(25)26-14)20(31)29(21)18(12)23(33)36-15(5-2)35-22(32)13-8-7-9-13/h4,11,13,15,17,21H,1,5-10H2,2-3H3,(H2,25,26)(H,27,30)/t15?,17?,21-/m1/s1. The number of thioether (sulfide) groups is 1. The molecule has 0 bridgehead atoms. The van der Waals surface area contributed by atoms with Crippen LogP contribution in [0.25, 0.3) is 0 Å². The van der Waals surface area contributed by atoms with Crippen molar-refractivity contribution in [1.29, 1.82) is 0 Å². The molecule has 3 N–H and O–H groups in total. The van der Waals surface area contributed by atoms with Crippen molar-refractivity contribution in [1.82, 2.24) is 15.2 Å². The molecule has 3 heterocycles. The van der Waals surface area contributed by atoms with Gasteiger partial charge in [0.25, 0.3) is 11.8 Å². The second-order valence-electron chi connectivity index (χ2n) is 8.68. The van der Waals surface area contributed by atoms with Crippen LogP contribution >= 0.6 is 23.1 Å². The fourth-order valence-electron chi connectivity index (χ4n) is 3.96. The van der Waals surface area contributed by atoms with Gasteiger partial charge in [0.15, 0.2) is 10.8 Å². The summed E-state index contributed by atoms with van der Waals surface area (Å²) in [5, 5.41) is 7.76. The molecule has 204 valence electrons. The molecule has 1 aromatic heterocycles. The number of thiazole rings is 1. The maximum Gasteiger partial charge on any atom is 0.358 e. The third-order valence-corrected chi connectivity index (χ3v) is 8.22. The van der Waals surface area contributed by atoms with E-state index in [4.69, 9.17) is 20.0 Å². The van der Waals surface area contributed by atoms with Crippen LogP contribution in [0.15, 0.2) is 34.5 Å². The van der Waals surface area contributed by atoms with E-state index in [9.17, 15) is 19.2 Å². The SMILES string of the molecule is C=CC1=C(C(=O)OC(CC)OC(=O)C2CCC2)N2C(=O)C(NC(=O)C(=NOCC)c3csc(N)n3)[C@H]2SC1. The van der Waals surface area contributed by atoms with Gasteiger partial charge in [0.05, 0.1) is 5.92 Å². The topological polar surface area (TPSA) is 163 Å². The summed E-state index contributed by atoms with van der Waals surface area (Å²) in [4.78, 5) is 62.1. The molecule has 0 radical (unpaired) electrons. The summed E-state index contributed by atoms with van der Waals surface area (Å²) in [6.07, 6.45) is 3.16. The van der Waals surface area contributed by atoms with Crippen LogP contribution in [0.5, 0.6) is 0 Å². The third kappa shape index (κ3) is 5.55. The zero-order valence-electron chi connectivity index (χ0n) is 21.0. The Morgan fingerprint density at radius 1 is 1.34 bits per heavy atom. The number of nitrogens with zero attached hydrogens (tertiary/aromatic N) is 3. The number of aromatic nitrogens is 1. The first-order chi connectivity index (χ1) is 18.3. The molecule has 38 heavy (non-hydrogen) atoms. The minimum absolute atomic E-state index is 0.0212. The quantitative estimate of drug-likeness (QED) is 0.134. The van der Waals surface area contributed by atoms with Crippen molar-refractivity contribution in [2.24, 2.45) is 11.1 Å². The van der Waals surface area contributed by atoms with Gasteiger partial charge in [-0.1, -0.05) is 31.2 Å². The van der Waals surface area contributed by atoms with Crippen LogP contribution in [0.3, 0.4) is 0 Å².